The van der Waals surface area contributed by atoms with E-state index in [2.05, 4.69) is 58.1 Å². The summed E-state index contributed by atoms with van der Waals surface area (Å²) in [5, 5.41) is 11.2. The first-order valence-corrected chi connectivity index (χ1v) is 7.99. The van der Waals surface area contributed by atoms with Crippen LogP contribution in [0.4, 0.5) is 0 Å². The maximum absolute atomic E-state index is 4.46. The third kappa shape index (κ3) is 3.70. The molecule has 2 unspecified atom stereocenters. The van der Waals surface area contributed by atoms with Gasteiger partial charge in [0.15, 0.2) is 5.96 Å². The summed E-state index contributed by atoms with van der Waals surface area (Å²) in [5.41, 5.74) is 1.40. The summed E-state index contributed by atoms with van der Waals surface area (Å²) < 4.78 is 0. The van der Waals surface area contributed by atoms with Crippen LogP contribution in [-0.2, 0) is 0 Å². The zero-order valence-electron chi connectivity index (χ0n) is 12.0. The van der Waals surface area contributed by atoms with Crippen molar-refractivity contribution in [2.24, 2.45) is 4.99 Å². The normalized spacial score (nSPS) is 20.2. The average Bonchev–Trinajstić information content (AvgIpc) is 3.06. The molecule has 19 heavy (non-hydrogen) atoms. The van der Waals surface area contributed by atoms with Crippen LogP contribution in [0, 0.1) is 0 Å². The standard InChI is InChI=1S/C14H24N4S/c1-4-18(5-2)13(12-6-7-19-10-12)9-16-14-15-8-11(3)17-14/h6-7,10-11,13H,4-5,8-9H2,1-3H3,(H2,15,16,17). The third-order valence-corrected chi connectivity index (χ3v) is 4.25. The van der Waals surface area contributed by atoms with Crippen molar-refractivity contribution in [1.29, 1.82) is 0 Å². The summed E-state index contributed by atoms with van der Waals surface area (Å²) in [5.74, 6) is 0.944. The van der Waals surface area contributed by atoms with E-state index < -0.39 is 0 Å². The lowest BCUT2D eigenvalue weighted by Gasteiger charge is -2.29. The molecule has 0 amide bonds. The molecule has 2 heterocycles. The summed E-state index contributed by atoms with van der Waals surface area (Å²) >= 11 is 1.76. The molecule has 0 aromatic carbocycles. The second-order valence-electron chi connectivity index (χ2n) is 4.91. The molecule has 0 saturated carbocycles. The number of aliphatic imine (C=N–C) groups is 1. The number of likely N-dealkylation sites (N-methyl/N-ethyl adjacent to an activating group) is 1. The van der Waals surface area contributed by atoms with Crippen molar-refractivity contribution >= 4 is 17.3 Å². The molecule has 2 N–H and O–H groups in total. The van der Waals surface area contributed by atoms with Crippen LogP contribution in [0.1, 0.15) is 32.4 Å². The number of hydrogen-bond donors (Lipinski definition) is 2. The average molecular weight is 280 g/mol. The number of hydrogen-bond acceptors (Lipinski definition) is 5. The molecule has 5 heteroatoms. The van der Waals surface area contributed by atoms with Crippen LogP contribution >= 0.6 is 11.3 Å². The van der Waals surface area contributed by atoms with Gasteiger partial charge in [-0.3, -0.25) is 9.89 Å². The van der Waals surface area contributed by atoms with E-state index in [1.54, 1.807) is 11.3 Å². The monoisotopic (exact) mass is 280 g/mol. The summed E-state index contributed by atoms with van der Waals surface area (Å²) in [6.45, 7) is 10.5. The molecular weight excluding hydrogens is 256 g/mol. The van der Waals surface area contributed by atoms with Gasteiger partial charge in [0.2, 0.25) is 0 Å². The van der Waals surface area contributed by atoms with Crippen molar-refractivity contribution in [1.82, 2.24) is 15.5 Å². The topological polar surface area (TPSA) is 39.7 Å². The smallest absolute Gasteiger partial charge is 0.191 e. The van der Waals surface area contributed by atoms with Crippen LogP contribution in [-0.4, -0.2) is 43.1 Å². The van der Waals surface area contributed by atoms with E-state index in [-0.39, 0.29) is 0 Å². The SMILES string of the molecule is CCN(CC)C(CNC1=NCC(C)N1)c1ccsc1. The van der Waals surface area contributed by atoms with Crippen molar-refractivity contribution in [2.75, 3.05) is 26.2 Å². The van der Waals surface area contributed by atoms with Crippen LogP contribution in [0.5, 0.6) is 0 Å². The minimum atomic E-state index is 0.418. The molecule has 1 aromatic rings. The fourth-order valence-electron chi connectivity index (χ4n) is 2.44. The largest absolute Gasteiger partial charge is 0.354 e. The van der Waals surface area contributed by atoms with Crippen molar-refractivity contribution in [3.8, 4) is 0 Å². The molecule has 1 aliphatic rings. The van der Waals surface area contributed by atoms with Crippen molar-refractivity contribution in [3.63, 3.8) is 0 Å². The molecule has 2 atom stereocenters. The van der Waals surface area contributed by atoms with E-state index in [1.807, 2.05) is 0 Å². The highest BCUT2D eigenvalue weighted by atomic mass is 32.1. The molecule has 0 bridgehead atoms. The Hall–Kier alpha value is -1.07. The first kappa shape index (κ1) is 14.3. The molecule has 1 aromatic heterocycles. The second kappa shape index (κ2) is 6.91. The van der Waals surface area contributed by atoms with Crippen LogP contribution in [0.25, 0.3) is 0 Å². The lowest BCUT2D eigenvalue weighted by atomic mass is 10.1. The van der Waals surface area contributed by atoms with Crippen molar-refractivity contribution in [3.05, 3.63) is 22.4 Å². The van der Waals surface area contributed by atoms with Gasteiger partial charge in [-0.05, 0) is 42.4 Å². The van der Waals surface area contributed by atoms with E-state index >= 15 is 0 Å². The van der Waals surface area contributed by atoms with Gasteiger partial charge in [-0.2, -0.15) is 11.3 Å². The van der Waals surface area contributed by atoms with Gasteiger partial charge in [0.1, 0.15) is 0 Å². The fourth-order valence-corrected chi connectivity index (χ4v) is 3.15. The Kier molecular flexibility index (Phi) is 5.22. The van der Waals surface area contributed by atoms with Gasteiger partial charge in [-0.25, -0.2) is 0 Å². The Labute approximate surface area is 119 Å². The van der Waals surface area contributed by atoms with Gasteiger partial charge >= 0.3 is 0 Å². The molecule has 106 valence electrons. The Morgan fingerprint density at radius 2 is 2.32 bits per heavy atom. The van der Waals surface area contributed by atoms with E-state index in [9.17, 15) is 0 Å². The minimum Gasteiger partial charge on any atom is -0.354 e. The third-order valence-electron chi connectivity index (χ3n) is 3.55. The Morgan fingerprint density at radius 1 is 1.53 bits per heavy atom. The first-order chi connectivity index (χ1) is 9.24. The Morgan fingerprint density at radius 3 is 2.84 bits per heavy atom. The van der Waals surface area contributed by atoms with Crippen molar-refractivity contribution < 1.29 is 0 Å². The van der Waals surface area contributed by atoms with Gasteiger partial charge in [0, 0.05) is 12.6 Å². The molecule has 0 radical (unpaired) electrons. The first-order valence-electron chi connectivity index (χ1n) is 7.05. The molecule has 0 spiro atoms. The zero-order valence-corrected chi connectivity index (χ0v) is 12.8. The van der Waals surface area contributed by atoms with E-state index in [0.717, 1.165) is 32.1 Å². The van der Waals surface area contributed by atoms with Crippen LogP contribution < -0.4 is 10.6 Å². The van der Waals surface area contributed by atoms with Crippen LogP contribution in [0.2, 0.25) is 0 Å². The lowest BCUT2D eigenvalue weighted by molar-refractivity contribution is 0.219. The fraction of sp³-hybridized carbons (Fsp3) is 0.643. The van der Waals surface area contributed by atoms with Gasteiger partial charge in [0.25, 0.3) is 0 Å². The van der Waals surface area contributed by atoms with Gasteiger partial charge in [0.05, 0.1) is 12.6 Å². The van der Waals surface area contributed by atoms with Gasteiger partial charge in [-0.15, -0.1) is 0 Å². The number of guanidine groups is 1. The minimum absolute atomic E-state index is 0.418. The molecule has 1 aliphatic heterocycles. The maximum Gasteiger partial charge on any atom is 0.191 e. The predicted molar refractivity (Wildman–Crippen MR) is 82.9 cm³/mol. The number of rotatable bonds is 6. The highest BCUT2D eigenvalue weighted by molar-refractivity contribution is 7.07. The quantitative estimate of drug-likeness (QED) is 0.838. The van der Waals surface area contributed by atoms with E-state index in [4.69, 9.17) is 0 Å². The van der Waals surface area contributed by atoms with Gasteiger partial charge in [-0.1, -0.05) is 13.8 Å². The highest BCUT2D eigenvalue weighted by Crippen LogP contribution is 2.22. The number of nitrogens with zero attached hydrogens (tertiary/aromatic N) is 2. The van der Waals surface area contributed by atoms with Crippen LogP contribution in [0.15, 0.2) is 21.8 Å². The van der Waals surface area contributed by atoms with E-state index in [0.29, 0.717) is 12.1 Å². The lowest BCUT2D eigenvalue weighted by Crippen LogP contribution is -2.43. The zero-order chi connectivity index (χ0) is 13.7. The Bertz CT molecular complexity index is 398. The number of nitrogens with one attached hydrogen (secondary N) is 2. The molecule has 0 saturated heterocycles. The van der Waals surface area contributed by atoms with Gasteiger partial charge < -0.3 is 10.6 Å². The van der Waals surface area contributed by atoms with Crippen LogP contribution in [0.3, 0.4) is 0 Å². The second-order valence-corrected chi connectivity index (χ2v) is 5.69. The summed E-state index contributed by atoms with van der Waals surface area (Å²) in [7, 11) is 0. The number of thiophene rings is 1. The molecule has 2 rings (SSSR count). The predicted octanol–water partition coefficient (Wildman–Crippen LogP) is 2.07. The summed E-state index contributed by atoms with van der Waals surface area (Å²) in [6, 6.07) is 3.10. The molecule has 0 aliphatic carbocycles. The highest BCUT2D eigenvalue weighted by Gasteiger charge is 2.20. The molecule has 4 nitrogen and oxygen atoms in total. The Balaban J connectivity index is 1.98. The molecule has 0 fully saturated rings. The summed E-state index contributed by atoms with van der Waals surface area (Å²) in [4.78, 5) is 6.94. The van der Waals surface area contributed by atoms with E-state index in [1.165, 1.54) is 5.56 Å². The maximum atomic E-state index is 4.46. The summed E-state index contributed by atoms with van der Waals surface area (Å²) in [6.07, 6.45) is 0. The van der Waals surface area contributed by atoms with Crippen molar-refractivity contribution in [2.45, 2.75) is 32.9 Å². The molecular formula is C14H24N4S.